The molecule has 2 amide bonds. The Morgan fingerprint density at radius 3 is 2.38 bits per heavy atom. The fourth-order valence-electron chi connectivity index (χ4n) is 1.90. The van der Waals surface area contributed by atoms with Gasteiger partial charge in [0.25, 0.3) is 5.91 Å². The molecule has 0 fully saturated rings. The minimum absolute atomic E-state index is 0.105. The van der Waals surface area contributed by atoms with Crippen LogP contribution in [0, 0.1) is 6.92 Å². The van der Waals surface area contributed by atoms with E-state index in [0.717, 1.165) is 17.1 Å². The lowest BCUT2D eigenvalue weighted by molar-refractivity contribution is 0.0933. The molecule has 21 heavy (non-hydrogen) atoms. The average Bonchev–Trinajstić information content (AvgIpc) is 2.91. The van der Waals surface area contributed by atoms with Gasteiger partial charge in [0.05, 0.1) is 6.04 Å². The lowest BCUT2D eigenvalue weighted by Gasteiger charge is -2.14. The van der Waals surface area contributed by atoms with Crippen LogP contribution in [-0.2, 0) is 0 Å². The van der Waals surface area contributed by atoms with Crippen molar-refractivity contribution in [3.8, 4) is 0 Å². The van der Waals surface area contributed by atoms with Gasteiger partial charge in [-0.2, -0.15) is 0 Å². The molecular weight excluding hydrogens is 286 g/mol. The maximum absolute atomic E-state index is 12.2. The molecule has 0 spiro atoms. The maximum atomic E-state index is 12.2. The number of hydrogen-bond donors (Lipinski definition) is 2. The lowest BCUT2D eigenvalue weighted by Crippen LogP contribution is -2.28. The van der Waals surface area contributed by atoms with E-state index in [9.17, 15) is 9.59 Å². The number of nitrogens with two attached hydrogens (primary N) is 1. The van der Waals surface area contributed by atoms with E-state index in [4.69, 9.17) is 5.73 Å². The Labute approximate surface area is 127 Å². The Morgan fingerprint density at radius 1 is 1.29 bits per heavy atom. The normalized spacial score (nSPS) is 11.9. The number of hydrogen-bond acceptors (Lipinski definition) is 4. The Kier molecular flexibility index (Phi) is 4.70. The van der Waals surface area contributed by atoms with E-state index in [-0.39, 0.29) is 11.9 Å². The molecule has 0 saturated heterocycles. The molecule has 6 heteroatoms. The largest absolute Gasteiger partial charge is 0.366 e. The number of nitrogens with zero attached hydrogens (tertiary/aromatic N) is 1. The third-order valence-electron chi connectivity index (χ3n) is 3.08. The SMILES string of the molecule is CCC(NC(=O)c1ccc(C(N)=O)cc1)c1nc(C)cs1. The summed E-state index contributed by atoms with van der Waals surface area (Å²) in [6.45, 7) is 3.93. The predicted molar refractivity (Wildman–Crippen MR) is 82.3 cm³/mol. The van der Waals surface area contributed by atoms with Crippen LogP contribution in [0.5, 0.6) is 0 Å². The molecule has 3 N–H and O–H groups in total. The van der Waals surface area contributed by atoms with Crippen molar-refractivity contribution >= 4 is 23.2 Å². The van der Waals surface area contributed by atoms with E-state index in [2.05, 4.69) is 10.3 Å². The van der Waals surface area contributed by atoms with Crippen molar-refractivity contribution in [3.63, 3.8) is 0 Å². The highest BCUT2D eigenvalue weighted by molar-refractivity contribution is 7.09. The van der Waals surface area contributed by atoms with Crippen LogP contribution in [0.25, 0.3) is 0 Å². The summed E-state index contributed by atoms with van der Waals surface area (Å²) in [5.74, 6) is -0.697. The Hall–Kier alpha value is -2.21. The topological polar surface area (TPSA) is 85.1 Å². The van der Waals surface area contributed by atoms with Gasteiger partial charge in [-0.1, -0.05) is 6.92 Å². The van der Waals surface area contributed by atoms with Gasteiger partial charge in [0.1, 0.15) is 5.01 Å². The molecular formula is C15H17N3O2S. The lowest BCUT2D eigenvalue weighted by atomic mass is 10.1. The van der Waals surface area contributed by atoms with Crippen LogP contribution in [0.3, 0.4) is 0 Å². The average molecular weight is 303 g/mol. The molecule has 5 nitrogen and oxygen atoms in total. The zero-order valence-electron chi connectivity index (χ0n) is 11.9. The van der Waals surface area contributed by atoms with Crippen molar-refractivity contribution in [1.29, 1.82) is 0 Å². The van der Waals surface area contributed by atoms with Gasteiger partial charge in [0.15, 0.2) is 0 Å². The van der Waals surface area contributed by atoms with Crippen molar-refractivity contribution in [3.05, 3.63) is 51.5 Å². The van der Waals surface area contributed by atoms with Gasteiger partial charge in [-0.15, -0.1) is 11.3 Å². The molecule has 2 aromatic rings. The minimum atomic E-state index is -0.508. The van der Waals surface area contributed by atoms with Gasteiger partial charge in [-0.25, -0.2) is 4.98 Å². The molecule has 0 aliphatic rings. The summed E-state index contributed by atoms with van der Waals surface area (Å²) < 4.78 is 0. The van der Waals surface area contributed by atoms with Gasteiger partial charge in [0, 0.05) is 22.2 Å². The first-order chi connectivity index (χ1) is 10.0. The maximum Gasteiger partial charge on any atom is 0.251 e. The number of aromatic nitrogens is 1. The Balaban J connectivity index is 2.10. The number of benzene rings is 1. The number of nitrogens with one attached hydrogen (secondary N) is 1. The second-order valence-corrected chi connectivity index (χ2v) is 5.59. The molecule has 1 atom stereocenters. The first-order valence-corrected chi connectivity index (χ1v) is 7.52. The minimum Gasteiger partial charge on any atom is -0.366 e. The van der Waals surface area contributed by atoms with Gasteiger partial charge in [0.2, 0.25) is 5.91 Å². The van der Waals surface area contributed by atoms with E-state index in [1.54, 1.807) is 24.3 Å². The molecule has 0 aliphatic carbocycles. The fourth-order valence-corrected chi connectivity index (χ4v) is 2.83. The van der Waals surface area contributed by atoms with Crippen LogP contribution in [-0.4, -0.2) is 16.8 Å². The van der Waals surface area contributed by atoms with E-state index in [1.807, 2.05) is 19.2 Å². The van der Waals surface area contributed by atoms with Crippen LogP contribution in [0.1, 0.15) is 50.8 Å². The summed E-state index contributed by atoms with van der Waals surface area (Å²) >= 11 is 1.54. The van der Waals surface area contributed by atoms with Gasteiger partial charge in [-0.3, -0.25) is 9.59 Å². The van der Waals surface area contributed by atoms with Crippen LogP contribution >= 0.6 is 11.3 Å². The number of aryl methyl sites for hydroxylation is 1. The van der Waals surface area contributed by atoms with E-state index < -0.39 is 5.91 Å². The van der Waals surface area contributed by atoms with Gasteiger partial charge >= 0.3 is 0 Å². The summed E-state index contributed by atoms with van der Waals surface area (Å²) in [6, 6.07) is 6.18. The third kappa shape index (κ3) is 3.66. The molecule has 0 saturated carbocycles. The van der Waals surface area contributed by atoms with Crippen molar-refractivity contribution in [1.82, 2.24) is 10.3 Å². The number of primary amides is 1. The second kappa shape index (κ2) is 6.49. The number of thiazole rings is 1. The van der Waals surface area contributed by atoms with Crippen molar-refractivity contribution in [2.45, 2.75) is 26.3 Å². The van der Waals surface area contributed by atoms with Crippen molar-refractivity contribution in [2.75, 3.05) is 0 Å². The number of rotatable bonds is 5. The first-order valence-electron chi connectivity index (χ1n) is 6.64. The highest BCUT2D eigenvalue weighted by Gasteiger charge is 2.17. The van der Waals surface area contributed by atoms with Gasteiger partial charge in [-0.05, 0) is 37.6 Å². The molecule has 110 valence electrons. The highest BCUT2D eigenvalue weighted by atomic mass is 32.1. The monoisotopic (exact) mass is 303 g/mol. The zero-order valence-corrected chi connectivity index (χ0v) is 12.7. The number of carbonyl (C=O) groups excluding carboxylic acids is 2. The standard InChI is InChI=1S/C15H17N3O2S/c1-3-12(15-17-9(2)8-21-15)18-14(20)11-6-4-10(5-7-11)13(16)19/h4-8,12H,3H2,1-2H3,(H2,16,19)(H,18,20). The molecule has 1 unspecified atom stereocenters. The predicted octanol–water partition coefficient (Wildman–Crippen LogP) is 2.43. The molecule has 1 aromatic heterocycles. The molecule has 0 aliphatic heterocycles. The highest BCUT2D eigenvalue weighted by Crippen LogP contribution is 2.21. The van der Waals surface area contributed by atoms with Crippen LogP contribution in [0.2, 0.25) is 0 Å². The Morgan fingerprint density at radius 2 is 1.90 bits per heavy atom. The van der Waals surface area contributed by atoms with Crippen LogP contribution < -0.4 is 11.1 Å². The molecule has 1 heterocycles. The summed E-state index contributed by atoms with van der Waals surface area (Å²) in [5, 5.41) is 5.82. The first kappa shape index (κ1) is 15.2. The van der Waals surface area contributed by atoms with E-state index >= 15 is 0 Å². The van der Waals surface area contributed by atoms with E-state index in [1.165, 1.54) is 11.3 Å². The number of carbonyl (C=O) groups is 2. The van der Waals surface area contributed by atoms with Crippen LogP contribution in [0.4, 0.5) is 0 Å². The smallest absolute Gasteiger partial charge is 0.251 e. The molecule has 0 bridgehead atoms. The molecule has 1 aromatic carbocycles. The summed E-state index contributed by atoms with van der Waals surface area (Å²) in [5.41, 5.74) is 7.00. The summed E-state index contributed by atoms with van der Waals surface area (Å²) in [4.78, 5) is 27.6. The number of amides is 2. The molecule has 0 radical (unpaired) electrons. The fraction of sp³-hybridized carbons (Fsp3) is 0.267. The van der Waals surface area contributed by atoms with Crippen molar-refractivity contribution in [2.24, 2.45) is 5.73 Å². The van der Waals surface area contributed by atoms with Crippen LogP contribution in [0.15, 0.2) is 29.6 Å². The zero-order chi connectivity index (χ0) is 15.4. The Bertz CT molecular complexity index is 649. The third-order valence-corrected chi connectivity index (χ3v) is 4.16. The quantitative estimate of drug-likeness (QED) is 0.889. The second-order valence-electron chi connectivity index (χ2n) is 4.70. The van der Waals surface area contributed by atoms with Crippen molar-refractivity contribution < 1.29 is 9.59 Å². The summed E-state index contributed by atoms with van der Waals surface area (Å²) in [7, 11) is 0. The molecule has 2 rings (SSSR count). The van der Waals surface area contributed by atoms with Gasteiger partial charge < -0.3 is 11.1 Å². The summed E-state index contributed by atoms with van der Waals surface area (Å²) in [6.07, 6.45) is 0.762. The van der Waals surface area contributed by atoms with E-state index in [0.29, 0.717) is 11.1 Å².